The average molecular weight is 165 g/mol. The van der Waals surface area contributed by atoms with Gasteiger partial charge in [0.1, 0.15) is 23.8 Å². The van der Waals surface area contributed by atoms with Crippen molar-refractivity contribution in [1.29, 1.82) is 0 Å². The molecule has 1 aromatic rings. The zero-order valence-electron chi connectivity index (χ0n) is 6.19. The molecule has 12 heavy (non-hydrogen) atoms. The summed E-state index contributed by atoms with van der Waals surface area (Å²) in [5.74, 6) is 0.704. The molecule has 0 atom stereocenters. The molecule has 0 bridgehead atoms. The number of rotatable bonds is 0. The third-order valence-electron chi connectivity index (χ3n) is 1.76. The van der Waals surface area contributed by atoms with Crippen molar-refractivity contribution in [2.24, 2.45) is 5.16 Å². The second kappa shape index (κ2) is 2.41. The Bertz CT molecular complexity index is 346. The van der Waals surface area contributed by atoms with Crippen molar-refractivity contribution in [3.63, 3.8) is 0 Å². The molecule has 2 N–H and O–H groups in total. The largest absolute Gasteiger partial charge is 0.508 e. The van der Waals surface area contributed by atoms with Crippen LogP contribution in [0.15, 0.2) is 23.4 Å². The van der Waals surface area contributed by atoms with E-state index in [9.17, 15) is 0 Å². The first-order valence-electron chi connectivity index (χ1n) is 3.48. The van der Waals surface area contributed by atoms with Crippen LogP contribution in [-0.4, -0.2) is 22.6 Å². The van der Waals surface area contributed by atoms with Crippen LogP contribution < -0.4 is 4.74 Å². The normalized spacial score (nSPS) is 17.5. The Hall–Kier alpha value is -1.71. The van der Waals surface area contributed by atoms with Crippen molar-refractivity contribution in [2.45, 2.75) is 0 Å². The Labute approximate surface area is 68.7 Å². The highest BCUT2D eigenvalue weighted by molar-refractivity contribution is 6.05. The van der Waals surface area contributed by atoms with Crippen LogP contribution >= 0.6 is 0 Å². The van der Waals surface area contributed by atoms with E-state index in [1.807, 2.05) is 0 Å². The maximum Gasteiger partial charge on any atom is 0.134 e. The molecule has 0 spiro atoms. The van der Waals surface area contributed by atoms with Crippen molar-refractivity contribution in [2.75, 3.05) is 6.61 Å². The van der Waals surface area contributed by atoms with Gasteiger partial charge < -0.3 is 15.1 Å². The summed E-state index contributed by atoms with van der Waals surface area (Å²) in [7, 11) is 0. The number of oxime groups is 1. The number of aromatic hydroxyl groups is 1. The molecule has 0 amide bonds. The van der Waals surface area contributed by atoms with Gasteiger partial charge in [-0.3, -0.25) is 0 Å². The third kappa shape index (κ3) is 0.887. The second-order valence-corrected chi connectivity index (χ2v) is 2.52. The highest BCUT2D eigenvalue weighted by Crippen LogP contribution is 2.28. The minimum absolute atomic E-state index is 0.146. The standard InChI is InChI=1S/C8H7NO3/c10-5-1-2-6-7(9-11)4-12-8(6)3-5/h1-3,10-11H,4H2. The maximum absolute atomic E-state index is 9.07. The number of phenolic OH excluding ortho intramolecular Hbond substituents is 1. The van der Waals surface area contributed by atoms with Crippen LogP contribution in [0.5, 0.6) is 11.5 Å². The molecule has 1 aliphatic rings. The first kappa shape index (κ1) is 6.97. The van der Waals surface area contributed by atoms with Crippen LogP contribution in [0.25, 0.3) is 0 Å². The van der Waals surface area contributed by atoms with Crippen LogP contribution in [0.3, 0.4) is 0 Å². The van der Waals surface area contributed by atoms with E-state index in [2.05, 4.69) is 5.16 Å². The first-order chi connectivity index (χ1) is 5.81. The zero-order chi connectivity index (χ0) is 8.55. The molecule has 0 aromatic heterocycles. The van der Waals surface area contributed by atoms with E-state index in [4.69, 9.17) is 15.1 Å². The highest BCUT2D eigenvalue weighted by Gasteiger charge is 2.19. The highest BCUT2D eigenvalue weighted by atomic mass is 16.5. The van der Waals surface area contributed by atoms with Gasteiger partial charge in [0.15, 0.2) is 0 Å². The molecular formula is C8H7NO3. The minimum atomic E-state index is 0.146. The SMILES string of the molecule is ON=C1COc2cc(O)ccc21. The first-order valence-corrected chi connectivity index (χ1v) is 3.48. The lowest BCUT2D eigenvalue weighted by Gasteiger charge is -1.96. The van der Waals surface area contributed by atoms with E-state index in [-0.39, 0.29) is 12.4 Å². The van der Waals surface area contributed by atoms with Gasteiger partial charge in [-0.2, -0.15) is 0 Å². The predicted molar refractivity (Wildman–Crippen MR) is 41.9 cm³/mol. The molecule has 62 valence electrons. The number of fused-ring (bicyclic) bond motifs is 1. The number of nitrogens with zero attached hydrogens (tertiary/aromatic N) is 1. The third-order valence-corrected chi connectivity index (χ3v) is 1.76. The fourth-order valence-electron chi connectivity index (χ4n) is 1.18. The molecule has 1 aromatic carbocycles. The Morgan fingerprint density at radius 3 is 3.00 bits per heavy atom. The summed E-state index contributed by atoms with van der Waals surface area (Å²) in [6.45, 7) is 0.259. The minimum Gasteiger partial charge on any atom is -0.508 e. The molecule has 2 rings (SSSR count). The molecule has 0 fully saturated rings. The lowest BCUT2D eigenvalue weighted by atomic mass is 10.1. The van der Waals surface area contributed by atoms with Crippen LogP contribution in [0.2, 0.25) is 0 Å². The summed E-state index contributed by atoms with van der Waals surface area (Å²) >= 11 is 0. The molecule has 0 unspecified atom stereocenters. The molecule has 4 nitrogen and oxygen atoms in total. The monoisotopic (exact) mass is 165 g/mol. The summed E-state index contributed by atoms with van der Waals surface area (Å²) in [5.41, 5.74) is 1.22. The van der Waals surface area contributed by atoms with Gasteiger partial charge in [-0.25, -0.2) is 0 Å². The molecule has 1 heterocycles. The quantitative estimate of drug-likeness (QED) is 0.444. The fourth-order valence-corrected chi connectivity index (χ4v) is 1.18. The summed E-state index contributed by atoms with van der Waals surface area (Å²) < 4.78 is 5.13. The predicted octanol–water partition coefficient (Wildman–Crippen LogP) is 0.963. The van der Waals surface area contributed by atoms with Gasteiger partial charge >= 0.3 is 0 Å². The lowest BCUT2D eigenvalue weighted by Crippen LogP contribution is -2.01. The van der Waals surface area contributed by atoms with E-state index in [0.717, 1.165) is 5.56 Å². The summed E-state index contributed by atoms with van der Waals surface area (Å²) in [5, 5.41) is 20.7. The van der Waals surface area contributed by atoms with Crippen molar-refractivity contribution >= 4 is 5.71 Å². The topological polar surface area (TPSA) is 62.1 Å². The van der Waals surface area contributed by atoms with E-state index in [1.165, 1.54) is 12.1 Å². The number of phenols is 1. The van der Waals surface area contributed by atoms with E-state index in [0.29, 0.717) is 11.5 Å². The number of hydrogen-bond donors (Lipinski definition) is 2. The van der Waals surface area contributed by atoms with E-state index >= 15 is 0 Å². The second-order valence-electron chi connectivity index (χ2n) is 2.52. The molecule has 0 saturated heterocycles. The van der Waals surface area contributed by atoms with Gasteiger partial charge in [-0.15, -0.1) is 0 Å². The summed E-state index contributed by atoms with van der Waals surface area (Å²) in [6.07, 6.45) is 0. The number of ether oxygens (including phenoxy) is 1. The Kier molecular flexibility index (Phi) is 1.40. The van der Waals surface area contributed by atoms with Gasteiger partial charge in [-0.05, 0) is 12.1 Å². The summed E-state index contributed by atoms with van der Waals surface area (Å²) in [4.78, 5) is 0. The smallest absolute Gasteiger partial charge is 0.134 e. The molecular weight excluding hydrogens is 158 g/mol. The van der Waals surface area contributed by atoms with Gasteiger partial charge in [0.25, 0.3) is 0 Å². The van der Waals surface area contributed by atoms with Crippen molar-refractivity contribution < 1.29 is 15.1 Å². The summed E-state index contributed by atoms with van der Waals surface area (Å²) in [6, 6.07) is 4.68. The van der Waals surface area contributed by atoms with Crippen LogP contribution in [0.1, 0.15) is 5.56 Å². The lowest BCUT2D eigenvalue weighted by molar-refractivity contribution is 0.313. The van der Waals surface area contributed by atoms with Crippen LogP contribution in [0.4, 0.5) is 0 Å². The molecule has 0 radical (unpaired) electrons. The van der Waals surface area contributed by atoms with Gasteiger partial charge in [-0.1, -0.05) is 5.16 Å². The van der Waals surface area contributed by atoms with Crippen molar-refractivity contribution in [3.8, 4) is 11.5 Å². The zero-order valence-corrected chi connectivity index (χ0v) is 6.19. The van der Waals surface area contributed by atoms with Crippen molar-refractivity contribution in [1.82, 2.24) is 0 Å². The van der Waals surface area contributed by atoms with Gasteiger partial charge in [0.2, 0.25) is 0 Å². The van der Waals surface area contributed by atoms with Crippen molar-refractivity contribution in [3.05, 3.63) is 23.8 Å². The molecule has 0 aliphatic carbocycles. The Morgan fingerprint density at radius 1 is 1.42 bits per heavy atom. The van der Waals surface area contributed by atoms with Gasteiger partial charge in [0.05, 0.1) is 0 Å². The van der Waals surface area contributed by atoms with E-state index in [1.54, 1.807) is 6.07 Å². The molecule has 4 heteroatoms. The van der Waals surface area contributed by atoms with Crippen LogP contribution in [0, 0.1) is 0 Å². The number of benzene rings is 1. The maximum atomic E-state index is 9.07. The van der Waals surface area contributed by atoms with Gasteiger partial charge in [0, 0.05) is 11.6 Å². The molecule has 0 saturated carbocycles. The average Bonchev–Trinajstić information content (AvgIpc) is 2.46. The van der Waals surface area contributed by atoms with E-state index < -0.39 is 0 Å². The Balaban J connectivity index is 2.55. The van der Waals surface area contributed by atoms with Crippen LogP contribution in [-0.2, 0) is 0 Å². The fraction of sp³-hybridized carbons (Fsp3) is 0.125. The number of hydrogen-bond acceptors (Lipinski definition) is 4. The Morgan fingerprint density at radius 2 is 2.25 bits per heavy atom. The molecule has 1 aliphatic heterocycles.